The highest BCUT2D eigenvalue weighted by Crippen LogP contribution is 2.23. The first-order valence-electron chi connectivity index (χ1n) is 8.05. The number of aryl methyl sites for hydroxylation is 1. The molecule has 2 aliphatic heterocycles. The molecule has 1 amide bonds. The second-order valence-corrected chi connectivity index (χ2v) is 6.26. The van der Waals surface area contributed by atoms with E-state index in [1.165, 1.54) is 0 Å². The number of aromatic nitrogens is 2. The van der Waals surface area contributed by atoms with E-state index >= 15 is 0 Å². The molecule has 22 heavy (non-hydrogen) atoms. The minimum Gasteiger partial charge on any atom is -0.381 e. The molecule has 6 nitrogen and oxygen atoms in total. The van der Waals surface area contributed by atoms with Gasteiger partial charge >= 0.3 is 0 Å². The van der Waals surface area contributed by atoms with Gasteiger partial charge in [0, 0.05) is 32.8 Å². The van der Waals surface area contributed by atoms with E-state index in [2.05, 4.69) is 22.1 Å². The first-order valence-corrected chi connectivity index (χ1v) is 8.05. The van der Waals surface area contributed by atoms with Gasteiger partial charge in [0.05, 0.1) is 18.2 Å². The van der Waals surface area contributed by atoms with Gasteiger partial charge < -0.3 is 14.5 Å². The molecule has 6 heteroatoms. The number of likely N-dealkylation sites (tertiary alicyclic amines) is 1. The lowest BCUT2D eigenvalue weighted by atomic mass is 10.0. The van der Waals surface area contributed by atoms with Crippen molar-refractivity contribution in [1.29, 1.82) is 0 Å². The Morgan fingerprint density at radius 1 is 1.27 bits per heavy atom. The predicted molar refractivity (Wildman–Crippen MR) is 83.7 cm³/mol. The molecular weight excluding hydrogens is 280 g/mol. The molecule has 0 N–H and O–H groups in total. The lowest BCUT2D eigenvalue weighted by molar-refractivity contribution is -0.136. The van der Waals surface area contributed by atoms with Crippen LogP contribution < -0.4 is 4.90 Å². The molecular formula is C16H24N4O2. The Labute approximate surface area is 131 Å². The number of hydrogen-bond acceptors (Lipinski definition) is 5. The Morgan fingerprint density at radius 2 is 2.05 bits per heavy atom. The van der Waals surface area contributed by atoms with Gasteiger partial charge in [0.25, 0.3) is 0 Å². The van der Waals surface area contributed by atoms with Crippen molar-refractivity contribution in [2.45, 2.75) is 32.2 Å². The van der Waals surface area contributed by atoms with Gasteiger partial charge in [-0.05, 0) is 38.3 Å². The summed E-state index contributed by atoms with van der Waals surface area (Å²) in [6.45, 7) is 4.90. The molecule has 2 saturated heterocycles. The molecule has 0 unspecified atom stereocenters. The molecule has 0 aromatic carbocycles. The van der Waals surface area contributed by atoms with Crippen molar-refractivity contribution in [2.75, 3.05) is 38.3 Å². The van der Waals surface area contributed by atoms with Gasteiger partial charge in [-0.2, -0.15) is 5.10 Å². The first-order chi connectivity index (χ1) is 10.6. The molecule has 0 saturated carbocycles. The van der Waals surface area contributed by atoms with Gasteiger partial charge in [-0.25, -0.2) is 0 Å². The van der Waals surface area contributed by atoms with Crippen molar-refractivity contribution in [3.05, 3.63) is 17.8 Å². The normalized spacial score (nSPS) is 22.8. The second kappa shape index (κ2) is 6.60. The molecule has 1 atom stereocenters. The summed E-state index contributed by atoms with van der Waals surface area (Å²) in [5, 5.41) is 8.37. The van der Waals surface area contributed by atoms with E-state index in [1.807, 2.05) is 24.0 Å². The number of carbonyl (C=O) groups excluding carboxylic acids is 1. The van der Waals surface area contributed by atoms with Gasteiger partial charge in [0.15, 0.2) is 5.82 Å². The van der Waals surface area contributed by atoms with E-state index in [0.29, 0.717) is 12.6 Å². The molecule has 1 aromatic heterocycles. The van der Waals surface area contributed by atoms with Crippen LogP contribution in [0.3, 0.4) is 0 Å². The van der Waals surface area contributed by atoms with Gasteiger partial charge in [-0.1, -0.05) is 0 Å². The molecule has 0 spiro atoms. The highest BCUT2D eigenvalue weighted by Gasteiger charge is 2.31. The Balaban J connectivity index is 1.54. The standard InChI is InChI=1S/C16H24N4O2/c1-12-3-4-15(18-17-12)19(2)14-5-8-20(9-6-14)16(21)13-7-10-22-11-13/h3-4,13-14H,5-11H2,1-2H3/t13-/m0/s1. The topological polar surface area (TPSA) is 58.6 Å². The van der Waals surface area contributed by atoms with E-state index < -0.39 is 0 Å². The second-order valence-electron chi connectivity index (χ2n) is 6.26. The van der Waals surface area contributed by atoms with Crippen LogP contribution in [0, 0.1) is 12.8 Å². The van der Waals surface area contributed by atoms with E-state index in [0.717, 1.165) is 50.5 Å². The van der Waals surface area contributed by atoms with Crippen molar-refractivity contribution in [1.82, 2.24) is 15.1 Å². The Bertz CT molecular complexity index is 505. The van der Waals surface area contributed by atoms with Crippen LogP contribution in [0.5, 0.6) is 0 Å². The quantitative estimate of drug-likeness (QED) is 0.841. The first kappa shape index (κ1) is 15.2. The van der Waals surface area contributed by atoms with E-state index in [4.69, 9.17) is 4.74 Å². The van der Waals surface area contributed by atoms with Crippen LogP contribution in [0.2, 0.25) is 0 Å². The summed E-state index contributed by atoms with van der Waals surface area (Å²) in [7, 11) is 2.06. The van der Waals surface area contributed by atoms with Crippen molar-refractivity contribution in [3.63, 3.8) is 0 Å². The zero-order valence-corrected chi connectivity index (χ0v) is 13.4. The molecule has 2 aliphatic rings. The van der Waals surface area contributed by atoms with Crippen LogP contribution in [-0.4, -0.2) is 60.4 Å². The fourth-order valence-electron chi connectivity index (χ4n) is 3.23. The number of carbonyl (C=O) groups is 1. The summed E-state index contributed by atoms with van der Waals surface area (Å²) in [5.74, 6) is 1.26. The third-order valence-electron chi connectivity index (χ3n) is 4.75. The summed E-state index contributed by atoms with van der Waals surface area (Å²) in [6, 6.07) is 4.41. The minimum atomic E-state index is 0.0808. The van der Waals surface area contributed by atoms with Gasteiger partial charge in [0.2, 0.25) is 5.91 Å². The average Bonchev–Trinajstić information content (AvgIpc) is 3.09. The van der Waals surface area contributed by atoms with Crippen LogP contribution in [0.4, 0.5) is 5.82 Å². The average molecular weight is 304 g/mol. The van der Waals surface area contributed by atoms with Crippen LogP contribution >= 0.6 is 0 Å². The molecule has 1 aromatic rings. The number of nitrogens with zero attached hydrogens (tertiary/aromatic N) is 4. The summed E-state index contributed by atoms with van der Waals surface area (Å²) in [6.07, 6.45) is 2.83. The van der Waals surface area contributed by atoms with E-state index in [1.54, 1.807) is 0 Å². The zero-order chi connectivity index (χ0) is 15.5. The van der Waals surface area contributed by atoms with Crippen LogP contribution in [-0.2, 0) is 9.53 Å². The maximum Gasteiger partial charge on any atom is 0.228 e. The lowest BCUT2D eigenvalue weighted by Gasteiger charge is -2.37. The highest BCUT2D eigenvalue weighted by molar-refractivity contribution is 5.79. The summed E-state index contributed by atoms with van der Waals surface area (Å²) in [4.78, 5) is 16.6. The van der Waals surface area contributed by atoms with Crippen molar-refractivity contribution >= 4 is 11.7 Å². The van der Waals surface area contributed by atoms with Gasteiger partial charge in [-0.3, -0.25) is 4.79 Å². The maximum atomic E-state index is 12.4. The lowest BCUT2D eigenvalue weighted by Crippen LogP contribution is -2.47. The molecule has 0 radical (unpaired) electrons. The molecule has 120 valence electrons. The Morgan fingerprint density at radius 3 is 2.64 bits per heavy atom. The third-order valence-corrected chi connectivity index (χ3v) is 4.75. The molecule has 3 heterocycles. The fourth-order valence-corrected chi connectivity index (χ4v) is 3.23. The highest BCUT2D eigenvalue weighted by atomic mass is 16.5. The van der Waals surface area contributed by atoms with Crippen molar-refractivity contribution in [3.8, 4) is 0 Å². The van der Waals surface area contributed by atoms with Crippen molar-refractivity contribution in [2.24, 2.45) is 5.92 Å². The number of anilines is 1. The van der Waals surface area contributed by atoms with Gasteiger partial charge in [-0.15, -0.1) is 5.10 Å². The Kier molecular flexibility index (Phi) is 4.57. The smallest absolute Gasteiger partial charge is 0.228 e. The number of rotatable bonds is 3. The van der Waals surface area contributed by atoms with Gasteiger partial charge in [0.1, 0.15) is 0 Å². The van der Waals surface area contributed by atoms with E-state index in [9.17, 15) is 4.79 Å². The Hall–Kier alpha value is -1.69. The molecule has 2 fully saturated rings. The number of ether oxygens (including phenoxy) is 1. The van der Waals surface area contributed by atoms with Crippen LogP contribution in [0.15, 0.2) is 12.1 Å². The van der Waals surface area contributed by atoms with Crippen molar-refractivity contribution < 1.29 is 9.53 Å². The SMILES string of the molecule is Cc1ccc(N(C)C2CCN(C(=O)[C@H]3CCOC3)CC2)nn1. The summed E-state index contributed by atoms with van der Waals surface area (Å²) >= 11 is 0. The number of amides is 1. The summed E-state index contributed by atoms with van der Waals surface area (Å²) in [5.41, 5.74) is 0.927. The maximum absolute atomic E-state index is 12.4. The molecule has 0 bridgehead atoms. The predicted octanol–water partition coefficient (Wildman–Crippen LogP) is 1.25. The third kappa shape index (κ3) is 3.21. The molecule has 0 aliphatic carbocycles. The zero-order valence-electron chi connectivity index (χ0n) is 13.4. The number of piperidine rings is 1. The fraction of sp³-hybridized carbons (Fsp3) is 0.688. The summed E-state index contributed by atoms with van der Waals surface area (Å²) < 4.78 is 5.32. The largest absolute Gasteiger partial charge is 0.381 e. The van der Waals surface area contributed by atoms with Crippen LogP contribution in [0.25, 0.3) is 0 Å². The minimum absolute atomic E-state index is 0.0808. The monoisotopic (exact) mass is 304 g/mol. The van der Waals surface area contributed by atoms with E-state index in [-0.39, 0.29) is 11.8 Å². The number of hydrogen-bond donors (Lipinski definition) is 0. The molecule has 3 rings (SSSR count). The van der Waals surface area contributed by atoms with Crippen LogP contribution in [0.1, 0.15) is 25.0 Å².